The first kappa shape index (κ1) is 30.4. The van der Waals surface area contributed by atoms with Crippen molar-refractivity contribution in [1.29, 1.82) is 0 Å². The van der Waals surface area contributed by atoms with Gasteiger partial charge in [-0.25, -0.2) is 13.8 Å². The van der Waals surface area contributed by atoms with Crippen molar-refractivity contribution in [3.63, 3.8) is 0 Å². The van der Waals surface area contributed by atoms with Gasteiger partial charge < -0.3 is 14.8 Å². The van der Waals surface area contributed by atoms with Gasteiger partial charge >= 0.3 is 6.18 Å². The third-order valence-electron chi connectivity index (χ3n) is 5.10. The number of hydrogen-bond donors (Lipinski definition) is 1. The van der Waals surface area contributed by atoms with Gasteiger partial charge in [0.2, 0.25) is 0 Å². The molecule has 0 fully saturated rings. The summed E-state index contributed by atoms with van der Waals surface area (Å²) in [5, 5.41) is 2.91. The van der Waals surface area contributed by atoms with Gasteiger partial charge in [0.1, 0.15) is 29.6 Å². The van der Waals surface area contributed by atoms with Gasteiger partial charge in [-0.2, -0.15) is 13.2 Å². The number of pyridine rings is 1. The lowest BCUT2D eigenvalue weighted by Crippen LogP contribution is -2.29. The number of rotatable bonds is 9. The summed E-state index contributed by atoms with van der Waals surface area (Å²) >= 11 is 0. The molecule has 204 valence electrons. The first-order valence-electron chi connectivity index (χ1n) is 11.3. The molecule has 0 atom stereocenters. The zero-order valence-corrected chi connectivity index (χ0v) is 21.1. The number of ether oxygens (including phenoxy) is 2. The predicted octanol–water partition coefficient (Wildman–Crippen LogP) is 6.48. The third kappa shape index (κ3) is 8.93. The van der Waals surface area contributed by atoms with Gasteiger partial charge in [0.25, 0.3) is 0 Å². The zero-order valence-electron chi connectivity index (χ0n) is 21.1. The Balaban J connectivity index is 0.000000757. The largest absolute Gasteiger partial charge is 0.416 e. The van der Waals surface area contributed by atoms with Crippen LogP contribution in [0.15, 0.2) is 84.3 Å². The van der Waals surface area contributed by atoms with Crippen molar-refractivity contribution in [3.8, 4) is 0 Å². The van der Waals surface area contributed by atoms with Crippen LogP contribution in [-0.4, -0.2) is 38.7 Å². The maximum atomic E-state index is 13.7. The number of nitrogens with zero attached hydrogens (tertiary/aromatic N) is 2. The number of anilines is 2. The minimum atomic E-state index is -4.63. The fourth-order valence-corrected chi connectivity index (χ4v) is 3.30. The van der Waals surface area contributed by atoms with Crippen LogP contribution in [0.1, 0.15) is 17.5 Å². The van der Waals surface area contributed by atoms with Crippen molar-refractivity contribution in [2.75, 3.05) is 37.7 Å². The highest BCUT2D eigenvalue weighted by Crippen LogP contribution is 2.37. The molecule has 11 heteroatoms. The van der Waals surface area contributed by atoms with E-state index >= 15 is 0 Å². The first-order chi connectivity index (χ1) is 18.1. The number of carbonyl (C=O) groups excluding carboxylic acids is 1. The second-order valence-electron chi connectivity index (χ2n) is 7.76. The van der Waals surface area contributed by atoms with Gasteiger partial charge in [-0.05, 0) is 55.5 Å². The van der Waals surface area contributed by atoms with Gasteiger partial charge in [-0.1, -0.05) is 6.08 Å². The number of benzene rings is 1. The van der Waals surface area contributed by atoms with Gasteiger partial charge in [-0.15, -0.1) is 0 Å². The topological polar surface area (TPSA) is 63.7 Å². The second kappa shape index (κ2) is 14.8. The molecule has 0 saturated carbocycles. The first-order valence-corrected chi connectivity index (χ1v) is 11.3. The molecule has 0 saturated heterocycles. The van der Waals surface area contributed by atoms with Crippen LogP contribution < -0.4 is 10.2 Å². The van der Waals surface area contributed by atoms with Crippen LogP contribution in [0.2, 0.25) is 0 Å². The van der Waals surface area contributed by atoms with Crippen molar-refractivity contribution in [2.24, 2.45) is 0 Å². The lowest BCUT2D eigenvalue weighted by molar-refractivity contribution is -0.138. The van der Waals surface area contributed by atoms with E-state index < -0.39 is 23.4 Å². The van der Waals surface area contributed by atoms with Crippen LogP contribution >= 0.6 is 0 Å². The lowest BCUT2D eigenvalue weighted by Gasteiger charge is -2.31. The minimum Gasteiger partial charge on any atom is -0.382 e. The Labute approximate surface area is 217 Å². The number of allylic oxidation sites excluding steroid dienone is 6. The summed E-state index contributed by atoms with van der Waals surface area (Å²) in [4.78, 5) is 16.8. The number of alkyl halides is 3. The summed E-state index contributed by atoms with van der Waals surface area (Å²) in [6.07, 6.45) is 3.34. The van der Waals surface area contributed by atoms with Crippen molar-refractivity contribution in [1.82, 2.24) is 4.98 Å². The van der Waals surface area contributed by atoms with Crippen molar-refractivity contribution < 1.29 is 36.2 Å². The van der Waals surface area contributed by atoms with E-state index in [9.17, 15) is 26.7 Å². The Morgan fingerprint density at radius 2 is 1.74 bits per heavy atom. The van der Waals surface area contributed by atoms with E-state index in [-0.39, 0.29) is 23.6 Å². The molecule has 1 aliphatic carbocycles. The van der Waals surface area contributed by atoms with Crippen LogP contribution in [0.5, 0.6) is 0 Å². The fraction of sp³-hybridized carbons (Fsp3) is 0.259. The molecule has 1 heterocycles. The van der Waals surface area contributed by atoms with Crippen LogP contribution in [0.3, 0.4) is 0 Å². The SMILES string of the molecule is COCCOC.Cc1c(C(F)(F)F)ccnc1N(C1=CC=C(F)C=CC1)/C(=C\C=O)Nc1ccc(F)cc1. The molecule has 1 aliphatic rings. The zero-order chi connectivity index (χ0) is 28.1. The van der Waals surface area contributed by atoms with Gasteiger partial charge in [0.05, 0.1) is 18.8 Å². The van der Waals surface area contributed by atoms with Crippen LogP contribution in [0, 0.1) is 12.7 Å². The minimum absolute atomic E-state index is 0.0527. The number of aromatic nitrogens is 1. The molecule has 0 amide bonds. The molecular formula is C27H28F5N3O3. The molecule has 3 rings (SSSR count). The van der Waals surface area contributed by atoms with E-state index in [1.165, 1.54) is 54.3 Å². The normalized spacial score (nSPS) is 13.5. The number of carbonyl (C=O) groups is 1. The summed E-state index contributed by atoms with van der Waals surface area (Å²) in [6.45, 7) is 2.64. The van der Waals surface area contributed by atoms with Crippen molar-refractivity contribution in [2.45, 2.75) is 19.5 Å². The van der Waals surface area contributed by atoms with Crippen LogP contribution in [-0.2, 0) is 20.4 Å². The Hall–Kier alpha value is -3.83. The maximum absolute atomic E-state index is 13.7. The summed E-state index contributed by atoms with van der Waals surface area (Å²) in [7, 11) is 3.30. The molecule has 6 nitrogen and oxygen atoms in total. The molecule has 0 bridgehead atoms. The van der Waals surface area contributed by atoms with E-state index in [0.717, 1.165) is 24.4 Å². The monoisotopic (exact) mass is 537 g/mol. The molecule has 0 aliphatic heterocycles. The van der Waals surface area contributed by atoms with Crippen LogP contribution in [0.25, 0.3) is 0 Å². The average molecular weight is 538 g/mol. The van der Waals surface area contributed by atoms with E-state index in [0.29, 0.717) is 30.9 Å². The van der Waals surface area contributed by atoms with Gasteiger partial charge in [0, 0.05) is 49.9 Å². The highest BCUT2D eigenvalue weighted by Gasteiger charge is 2.35. The summed E-state index contributed by atoms with van der Waals surface area (Å²) in [6, 6.07) is 6.03. The van der Waals surface area contributed by atoms with Crippen molar-refractivity contribution in [3.05, 3.63) is 101 Å². The molecule has 2 aromatic rings. The van der Waals surface area contributed by atoms with Crippen molar-refractivity contribution >= 4 is 17.8 Å². The van der Waals surface area contributed by atoms with E-state index in [1.807, 2.05) is 0 Å². The molecule has 38 heavy (non-hydrogen) atoms. The van der Waals surface area contributed by atoms with Gasteiger partial charge in [-0.3, -0.25) is 9.69 Å². The number of hydrogen-bond acceptors (Lipinski definition) is 6. The number of nitrogens with one attached hydrogen (secondary N) is 1. The van der Waals surface area contributed by atoms with Crippen LogP contribution in [0.4, 0.5) is 33.5 Å². The number of aldehydes is 1. The molecule has 0 spiro atoms. The highest BCUT2D eigenvalue weighted by atomic mass is 19.4. The van der Waals surface area contributed by atoms with E-state index in [2.05, 4.69) is 19.8 Å². The Kier molecular flexibility index (Phi) is 11.8. The summed E-state index contributed by atoms with van der Waals surface area (Å²) in [5.41, 5.74) is -0.352. The summed E-state index contributed by atoms with van der Waals surface area (Å²) < 4.78 is 76.9. The maximum Gasteiger partial charge on any atom is 0.416 e. The molecule has 1 N–H and O–H groups in total. The molecule has 0 radical (unpaired) electrons. The quantitative estimate of drug-likeness (QED) is 0.171. The Morgan fingerprint density at radius 3 is 2.32 bits per heavy atom. The molecule has 0 unspecified atom stereocenters. The number of methoxy groups -OCH3 is 2. The average Bonchev–Trinajstić information content (AvgIpc) is 3.09. The smallest absolute Gasteiger partial charge is 0.382 e. The predicted molar refractivity (Wildman–Crippen MR) is 135 cm³/mol. The Morgan fingerprint density at radius 1 is 1.08 bits per heavy atom. The highest BCUT2D eigenvalue weighted by molar-refractivity contribution is 5.73. The second-order valence-corrected chi connectivity index (χ2v) is 7.76. The van der Waals surface area contributed by atoms with E-state index in [4.69, 9.17) is 0 Å². The van der Waals surface area contributed by atoms with E-state index in [1.54, 1.807) is 14.2 Å². The Bertz CT molecular complexity index is 1190. The number of halogens is 5. The molecule has 1 aromatic heterocycles. The van der Waals surface area contributed by atoms with Gasteiger partial charge in [0.15, 0.2) is 0 Å². The lowest BCUT2D eigenvalue weighted by atomic mass is 10.1. The molecular weight excluding hydrogens is 509 g/mol. The fourth-order valence-electron chi connectivity index (χ4n) is 3.30. The standard InChI is InChI=1S/C23H18F5N3O.C4H10O2/c1-15-20(23(26,27)28)11-13-29-22(15)31(19-4-2-3-16(24)7-10-19)21(12-14-32)30-18-8-5-17(25)6-9-18;1-5-3-4-6-2/h2-3,5-14,30H,4H2,1H3;3-4H2,1-2H3/b21-12-;. The third-order valence-corrected chi connectivity index (χ3v) is 5.10. The summed E-state index contributed by atoms with van der Waals surface area (Å²) in [5.74, 6) is -1.07. The molecule has 1 aromatic carbocycles.